The van der Waals surface area contributed by atoms with Crippen LogP contribution < -0.4 is 0 Å². The molecule has 0 atom stereocenters. The summed E-state index contributed by atoms with van der Waals surface area (Å²) in [6.07, 6.45) is 1.04. The Morgan fingerprint density at radius 1 is 1.50 bits per heavy atom. The van der Waals surface area contributed by atoms with Gasteiger partial charge in [0, 0.05) is 19.1 Å². The van der Waals surface area contributed by atoms with Crippen LogP contribution in [-0.2, 0) is 0 Å². The van der Waals surface area contributed by atoms with Crippen molar-refractivity contribution in [2.45, 2.75) is 33.2 Å². The second kappa shape index (κ2) is 5.69. The minimum absolute atomic E-state index is 0.245. The molecule has 0 unspecified atom stereocenters. The molecule has 1 radical (unpaired) electrons. The second-order valence-corrected chi connectivity index (χ2v) is 2.65. The molecule has 0 heterocycles. The molecule has 2 nitrogen and oxygen atoms in total. The molecule has 0 aliphatic heterocycles. The van der Waals surface area contributed by atoms with E-state index in [0.717, 1.165) is 13.0 Å². The molecule has 0 fully saturated rings. The molecular weight excluding hydrogens is 126 g/mol. The van der Waals surface area contributed by atoms with Gasteiger partial charge in [-0.1, -0.05) is 6.92 Å². The van der Waals surface area contributed by atoms with Crippen molar-refractivity contribution in [2.24, 2.45) is 0 Å². The molecule has 0 aromatic heterocycles. The van der Waals surface area contributed by atoms with E-state index >= 15 is 0 Å². The number of aliphatic hydroxyl groups is 1. The van der Waals surface area contributed by atoms with Gasteiger partial charge in [0.2, 0.25) is 0 Å². The molecule has 0 saturated carbocycles. The second-order valence-electron chi connectivity index (χ2n) is 2.65. The highest BCUT2D eigenvalue weighted by atomic mass is 16.3. The van der Waals surface area contributed by atoms with E-state index in [1.54, 1.807) is 0 Å². The zero-order chi connectivity index (χ0) is 7.98. The minimum atomic E-state index is 0.245. The molecule has 0 saturated heterocycles. The van der Waals surface area contributed by atoms with E-state index in [-0.39, 0.29) is 6.61 Å². The van der Waals surface area contributed by atoms with Gasteiger partial charge in [0.15, 0.2) is 0 Å². The first kappa shape index (κ1) is 9.92. The molecular formula is C8H18NO. The lowest BCUT2D eigenvalue weighted by atomic mass is 10.3. The predicted molar refractivity (Wildman–Crippen MR) is 43.5 cm³/mol. The predicted octanol–water partition coefficient (Wildman–Crippen LogP) is 1.26. The molecule has 0 aromatic rings. The van der Waals surface area contributed by atoms with Gasteiger partial charge < -0.3 is 5.11 Å². The summed E-state index contributed by atoms with van der Waals surface area (Å²) in [7, 11) is 0. The summed E-state index contributed by atoms with van der Waals surface area (Å²) >= 11 is 0. The van der Waals surface area contributed by atoms with Crippen molar-refractivity contribution in [3.8, 4) is 0 Å². The van der Waals surface area contributed by atoms with Crippen LogP contribution in [-0.4, -0.2) is 29.2 Å². The van der Waals surface area contributed by atoms with Gasteiger partial charge in [-0.05, 0) is 20.3 Å². The highest BCUT2D eigenvalue weighted by Gasteiger charge is 2.05. The Kier molecular flexibility index (Phi) is 5.64. The number of nitrogens with zero attached hydrogens (tertiary/aromatic N) is 1. The van der Waals surface area contributed by atoms with Gasteiger partial charge in [0.25, 0.3) is 0 Å². The Hall–Kier alpha value is -0.0800. The standard InChI is InChI=1S/C8H18NO/c1-4-5-9(6-7-10)8(2)3/h5,8,10H,4,6-7H2,1-3H3. The lowest BCUT2D eigenvalue weighted by Gasteiger charge is -2.23. The maximum Gasteiger partial charge on any atom is 0.0558 e. The summed E-state index contributed by atoms with van der Waals surface area (Å²) in [5, 5.41) is 8.65. The third-order valence-corrected chi connectivity index (χ3v) is 1.44. The average molecular weight is 144 g/mol. The smallest absolute Gasteiger partial charge is 0.0558 e. The van der Waals surface area contributed by atoms with Gasteiger partial charge in [-0.15, -0.1) is 0 Å². The van der Waals surface area contributed by atoms with Crippen molar-refractivity contribution >= 4 is 0 Å². The third-order valence-electron chi connectivity index (χ3n) is 1.44. The zero-order valence-electron chi connectivity index (χ0n) is 7.17. The summed E-state index contributed by atoms with van der Waals surface area (Å²) in [5.41, 5.74) is 0. The van der Waals surface area contributed by atoms with Crippen molar-refractivity contribution in [3.05, 3.63) is 6.54 Å². The summed E-state index contributed by atoms with van der Waals surface area (Å²) < 4.78 is 0. The molecule has 0 bridgehead atoms. The highest BCUT2D eigenvalue weighted by Crippen LogP contribution is 2.02. The summed E-state index contributed by atoms with van der Waals surface area (Å²) in [5.74, 6) is 0. The van der Waals surface area contributed by atoms with Crippen LogP contribution in [0.2, 0.25) is 0 Å². The molecule has 0 spiro atoms. The Bertz CT molecular complexity index is 67.7. The van der Waals surface area contributed by atoms with Crippen molar-refractivity contribution in [2.75, 3.05) is 13.2 Å². The Morgan fingerprint density at radius 2 is 2.10 bits per heavy atom. The number of hydrogen-bond acceptors (Lipinski definition) is 2. The van der Waals surface area contributed by atoms with E-state index < -0.39 is 0 Å². The van der Waals surface area contributed by atoms with Crippen LogP contribution in [0.15, 0.2) is 0 Å². The van der Waals surface area contributed by atoms with Crippen LogP contribution in [0.1, 0.15) is 27.2 Å². The van der Waals surface area contributed by atoms with Crippen LogP contribution >= 0.6 is 0 Å². The highest BCUT2D eigenvalue weighted by molar-refractivity contribution is 4.70. The van der Waals surface area contributed by atoms with Crippen LogP contribution in [0.25, 0.3) is 0 Å². The van der Waals surface area contributed by atoms with Crippen molar-refractivity contribution in [1.29, 1.82) is 0 Å². The first-order valence-electron chi connectivity index (χ1n) is 3.92. The summed E-state index contributed by atoms with van der Waals surface area (Å²) in [6.45, 7) is 9.48. The van der Waals surface area contributed by atoms with E-state index in [1.165, 1.54) is 0 Å². The monoisotopic (exact) mass is 144 g/mol. The maximum atomic E-state index is 8.65. The largest absolute Gasteiger partial charge is 0.395 e. The van der Waals surface area contributed by atoms with E-state index in [1.807, 2.05) is 0 Å². The normalized spacial score (nSPS) is 11.4. The van der Waals surface area contributed by atoms with Gasteiger partial charge in [-0.25, -0.2) is 0 Å². The lowest BCUT2D eigenvalue weighted by molar-refractivity contribution is 0.193. The molecule has 0 rings (SSSR count). The first-order chi connectivity index (χ1) is 4.72. The summed E-state index contributed by atoms with van der Waals surface area (Å²) in [4.78, 5) is 2.15. The van der Waals surface area contributed by atoms with Crippen molar-refractivity contribution in [3.63, 3.8) is 0 Å². The zero-order valence-corrected chi connectivity index (χ0v) is 7.17. The average Bonchev–Trinajstić information content (AvgIpc) is 1.87. The SMILES string of the molecule is CC[CH]N(CCO)C(C)C. The van der Waals surface area contributed by atoms with Crippen LogP contribution in [0, 0.1) is 6.54 Å². The first-order valence-corrected chi connectivity index (χ1v) is 3.92. The number of rotatable bonds is 5. The van der Waals surface area contributed by atoms with Gasteiger partial charge >= 0.3 is 0 Å². The molecule has 1 N–H and O–H groups in total. The molecule has 0 aliphatic carbocycles. The number of hydrogen-bond donors (Lipinski definition) is 1. The molecule has 0 aromatic carbocycles. The topological polar surface area (TPSA) is 23.5 Å². The number of aliphatic hydroxyl groups excluding tert-OH is 1. The minimum Gasteiger partial charge on any atom is -0.395 e. The third kappa shape index (κ3) is 3.85. The van der Waals surface area contributed by atoms with E-state index in [9.17, 15) is 0 Å². The fraction of sp³-hybridized carbons (Fsp3) is 0.875. The van der Waals surface area contributed by atoms with Gasteiger partial charge in [0.05, 0.1) is 6.61 Å². The Balaban J connectivity index is 3.50. The quantitative estimate of drug-likeness (QED) is 0.628. The molecule has 10 heavy (non-hydrogen) atoms. The van der Waals surface area contributed by atoms with Crippen molar-refractivity contribution < 1.29 is 5.11 Å². The van der Waals surface area contributed by atoms with Gasteiger partial charge in [-0.2, -0.15) is 0 Å². The molecule has 61 valence electrons. The van der Waals surface area contributed by atoms with Gasteiger partial charge in [0.1, 0.15) is 0 Å². The fourth-order valence-corrected chi connectivity index (χ4v) is 0.910. The van der Waals surface area contributed by atoms with E-state index in [2.05, 4.69) is 32.2 Å². The van der Waals surface area contributed by atoms with Gasteiger partial charge in [-0.3, -0.25) is 4.90 Å². The van der Waals surface area contributed by atoms with E-state index in [4.69, 9.17) is 5.11 Å². The Morgan fingerprint density at radius 3 is 2.40 bits per heavy atom. The van der Waals surface area contributed by atoms with Crippen LogP contribution in [0.3, 0.4) is 0 Å². The van der Waals surface area contributed by atoms with Crippen molar-refractivity contribution in [1.82, 2.24) is 4.90 Å². The van der Waals surface area contributed by atoms with Crippen LogP contribution in [0.5, 0.6) is 0 Å². The van der Waals surface area contributed by atoms with E-state index in [0.29, 0.717) is 6.04 Å². The molecule has 2 heteroatoms. The summed E-state index contributed by atoms with van der Waals surface area (Å²) in [6, 6.07) is 0.507. The fourth-order valence-electron chi connectivity index (χ4n) is 0.910. The van der Waals surface area contributed by atoms with Crippen LogP contribution in [0.4, 0.5) is 0 Å². The maximum absolute atomic E-state index is 8.65. The Labute approximate surface area is 63.8 Å². The molecule has 0 aliphatic rings. The molecule has 0 amide bonds. The lowest BCUT2D eigenvalue weighted by Crippen LogP contribution is -2.30.